The molecule has 1 aromatic heterocycles. The number of carbonyl (C=O) groups is 1. The maximum Gasteiger partial charge on any atom is 0.355 e. The van der Waals surface area contributed by atoms with Crippen LogP contribution < -0.4 is 16.2 Å². The summed E-state index contributed by atoms with van der Waals surface area (Å²) in [6.45, 7) is 1.79. The molecule has 28 heavy (non-hydrogen) atoms. The Morgan fingerprint density at radius 2 is 1.75 bits per heavy atom. The van der Waals surface area contributed by atoms with Crippen molar-refractivity contribution in [1.29, 1.82) is 0 Å². The van der Waals surface area contributed by atoms with Crippen LogP contribution in [0, 0.1) is 17.0 Å². The number of rotatable bonds is 6. The lowest BCUT2D eigenvalue weighted by Crippen LogP contribution is -2.30. The first-order chi connectivity index (χ1) is 13.5. The van der Waals surface area contributed by atoms with Crippen LogP contribution >= 0.6 is 15.9 Å². The minimum Gasteiger partial charge on any atom is -0.333 e. The maximum atomic E-state index is 12.3. The maximum absolute atomic E-state index is 12.3. The van der Waals surface area contributed by atoms with Crippen LogP contribution in [0.15, 0.2) is 59.3 Å². The molecule has 0 unspecified atom stereocenters. The molecule has 0 aliphatic carbocycles. The zero-order chi connectivity index (χ0) is 20.1. The lowest BCUT2D eigenvalue weighted by atomic mass is 10.1. The quantitative estimate of drug-likeness (QED) is 0.389. The predicted octanol–water partition coefficient (Wildman–Crippen LogP) is 3.96. The van der Waals surface area contributed by atoms with Gasteiger partial charge in [-0.25, -0.2) is 9.97 Å². The lowest BCUT2D eigenvalue weighted by molar-refractivity contribution is -0.383. The van der Waals surface area contributed by atoms with Gasteiger partial charge >= 0.3 is 5.69 Å². The zero-order valence-corrected chi connectivity index (χ0v) is 16.2. The van der Waals surface area contributed by atoms with Gasteiger partial charge in [-0.2, -0.15) is 0 Å². The van der Waals surface area contributed by atoms with Crippen molar-refractivity contribution in [2.24, 2.45) is 0 Å². The van der Waals surface area contributed by atoms with Gasteiger partial charge in [0.25, 0.3) is 5.91 Å². The van der Waals surface area contributed by atoms with Crippen molar-refractivity contribution < 1.29 is 9.72 Å². The monoisotopic (exact) mass is 442 g/mol. The van der Waals surface area contributed by atoms with Gasteiger partial charge < -0.3 is 5.32 Å². The summed E-state index contributed by atoms with van der Waals surface area (Å²) < 4.78 is 0.713. The Kier molecular flexibility index (Phi) is 5.80. The number of aromatic nitrogens is 2. The number of halogens is 1. The highest BCUT2D eigenvalue weighted by Gasteiger charge is 2.24. The Labute approximate surface area is 168 Å². The zero-order valence-electron chi connectivity index (χ0n) is 14.6. The Balaban J connectivity index is 1.85. The van der Waals surface area contributed by atoms with Crippen LogP contribution in [0.1, 0.15) is 15.9 Å². The minimum absolute atomic E-state index is 0.0143. The summed E-state index contributed by atoms with van der Waals surface area (Å²) in [6.07, 6.45) is 1.16. The molecule has 0 fully saturated rings. The van der Waals surface area contributed by atoms with Crippen LogP contribution in [-0.4, -0.2) is 20.8 Å². The summed E-state index contributed by atoms with van der Waals surface area (Å²) in [4.78, 5) is 31.2. The summed E-state index contributed by atoms with van der Waals surface area (Å²) in [5.74, 6) is -0.595. The van der Waals surface area contributed by atoms with Gasteiger partial charge in [-0.1, -0.05) is 30.3 Å². The normalized spacial score (nSPS) is 10.2. The fourth-order valence-corrected chi connectivity index (χ4v) is 2.82. The van der Waals surface area contributed by atoms with E-state index in [0.717, 1.165) is 11.9 Å². The third-order valence-electron chi connectivity index (χ3n) is 3.82. The van der Waals surface area contributed by atoms with Gasteiger partial charge in [0.15, 0.2) is 0 Å². The van der Waals surface area contributed by atoms with Crippen molar-refractivity contribution in [3.63, 3.8) is 0 Å². The summed E-state index contributed by atoms with van der Waals surface area (Å²) in [5, 5.41) is 14.5. The van der Waals surface area contributed by atoms with E-state index in [0.29, 0.717) is 15.7 Å². The highest BCUT2D eigenvalue weighted by atomic mass is 79.9. The van der Waals surface area contributed by atoms with Crippen molar-refractivity contribution in [2.45, 2.75) is 6.92 Å². The number of hydrazine groups is 1. The molecule has 0 radical (unpaired) electrons. The average Bonchev–Trinajstić information content (AvgIpc) is 2.68. The van der Waals surface area contributed by atoms with E-state index in [9.17, 15) is 14.9 Å². The summed E-state index contributed by atoms with van der Waals surface area (Å²) >= 11 is 3.37. The van der Waals surface area contributed by atoms with E-state index in [1.54, 1.807) is 43.3 Å². The Morgan fingerprint density at radius 3 is 2.46 bits per heavy atom. The molecular weight excluding hydrogens is 428 g/mol. The second-order valence-electron chi connectivity index (χ2n) is 5.68. The number of nitro groups is 1. The standard InChI is InChI=1S/C18H15BrN6O3/c1-11-6-2-3-7-12(11)18(26)24-23-17-15(25(27)28)16(20-10-21-17)22-14-9-5-4-8-13(14)19/h2-10H,1H3,(H,24,26)(H2,20,21,22,23). The summed E-state index contributed by atoms with van der Waals surface area (Å²) in [7, 11) is 0. The number of anilines is 3. The van der Waals surface area contributed by atoms with E-state index in [4.69, 9.17) is 0 Å². The van der Waals surface area contributed by atoms with E-state index >= 15 is 0 Å². The van der Waals surface area contributed by atoms with Crippen molar-refractivity contribution in [2.75, 3.05) is 10.7 Å². The first-order valence-corrected chi connectivity index (χ1v) is 8.89. The fraction of sp³-hybridized carbons (Fsp3) is 0.0556. The molecule has 3 aromatic rings. The van der Waals surface area contributed by atoms with Gasteiger partial charge in [0, 0.05) is 10.0 Å². The van der Waals surface area contributed by atoms with Crippen molar-refractivity contribution >= 4 is 44.8 Å². The Morgan fingerprint density at radius 1 is 1.07 bits per heavy atom. The largest absolute Gasteiger partial charge is 0.355 e. The number of para-hydroxylation sites is 1. The van der Waals surface area contributed by atoms with Gasteiger partial charge in [0.2, 0.25) is 11.6 Å². The molecule has 0 saturated heterocycles. The lowest BCUT2D eigenvalue weighted by Gasteiger charge is -2.12. The van der Waals surface area contributed by atoms with E-state index in [-0.39, 0.29) is 11.6 Å². The predicted molar refractivity (Wildman–Crippen MR) is 108 cm³/mol. The number of aryl methyl sites for hydroxylation is 1. The molecule has 0 atom stereocenters. The average molecular weight is 443 g/mol. The van der Waals surface area contributed by atoms with Crippen molar-refractivity contribution in [3.8, 4) is 0 Å². The highest BCUT2D eigenvalue weighted by molar-refractivity contribution is 9.10. The van der Waals surface area contributed by atoms with Gasteiger partial charge in [-0.05, 0) is 46.6 Å². The summed E-state index contributed by atoms with van der Waals surface area (Å²) in [5.41, 5.74) is 6.36. The van der Waals surface area contributed by atoms with Crippen molar-refractivity contribution in [3.05, 3.63) is 80.6 Å². The first kappa shape index (κ1) is 19.2. The number of nitrogens with one attached hydrogen (secondary N) is 3. The van der Waals surface area contributed by atoms with E-state index in [1.807, 2.05) is 12.1 Å². The number of carbonyl (C=O) groups excluding carboxylic acids is 1. The first-order valence-electron chi connectivity index (χ1n) is 8.10. The fourth-order valence-electron chi connectivity index (χ4n) is 2.44. The Hall–Kier alpha value is -3.53. The summed E-state index contributed by atoms with van der Waals surface area (Å²) in [6, 6.07) is 14.1. The van der Waals surface area contributed by atoms with E-state index in [2.05, 4.69) is 42.1 Å². The number of benzene rings is 2. The molecule has 0 saturated carbocycles. The number of nitrogens with zero attached hydrogens (tertiary/aromatic N) is 3. The molecule has 0 aliphatic rings. The second kappa shape index (κ2) is 8.44. The molecule has 9 nitrogen and oxygen atoms in total. The molecule has 3 rings (SSSR count). The number of hydrogen-bond acceptors (Lipinski definition) is 7. The van der Waals surface area contributed by atoms with Crippen molar-refractivity contribution in [1.82, 2.24) is 15.4 Å². The van der Waals surface area contributed by atoms with Gasteiger partial charge in [-0.3, -0.25) is 25.8 Å². The van der Waals surface area contributed by atoms with Crippen LogP contribution in [0.5, 0.6) is 0 Å². The topological polar surface area (TPSA) is 122 Å². The molecule has 1 heterocycles. The molecule has 142 valence electrons. The smallest absolute Gasteiger partial charge is 0.333 e. The third-order valence-corrected chi connectivity index (χ3v) is 4.51. The molecular formula is C18H15BrN6O3. The number of hydrogen-bond donors (Lipinski definition) is 3. The molecule has 3 N–H and O–H groups in total. The van der Waals surface area contributed by atoms with E-state index in [1.165, 1.54) is 0 Å². The van der Waals surface area contributed by atoms with Crippen LogP contribution in [0.4, 0.5) is 23.0 Å². The van der Waals surface area contributed by atoms with Gasteiger partial charge in [0.1, 0.15) is 6.33 Å². The van der Waals surface area contributed by atoms with Crippen LogP contribution in [0.25, 0.3) is 0 Å². The molecule has 2 aromatic carbocycles. The molecule has 1 amide bonds. The third kappa shape index (κ3) is 4.23. The number of amides is 1. The second-order valence-corrected chi connectivity index (χ2v) is 6.53. The van der Waals surface area contributed by atoms with Crippen LogP contribution in [0.3, 0.4) is 0 Å². The van der Waals surface area contributed by atoms with Gasteiger partial charge in [0.05, 0.1) is 10.6 Å². The van der Waals surface area contributed by atoms with E-state index < -0.39 is 16.5 Å². The van der Waals surface area contributed by atoms with Crippen LogP contribution in [-0.2, 0) is 0 Å². The Bertz CT molecular complexity index is 1040. The molecule has 0 spiro atoms. The molecule has 0 bridgehead atoms. The highest BCUT2D eigenvalue weighted by Crippen LogP contribution is 2.33. The van der Waals surface area contributed by atoms with Gasteiger partial charge in [-0.15, -0.1) is 0 Å². The SMILES string of the molecule is Cc1ccccc1C(=O)NNc1ncnc(Nc2ccccc2Br)c1[N+](=O)[O-]. The minimum atomic E-state index is -0.624. The van der Waals surface area contributed by atoms with Crippen LogP contribution in [0.2, 0.25) is 0 Å². The molecule has 10 heteroatoms. The molecule has 0 aliphatic heterocycles.